The van der Waals surface area contributed by atoms with Crippen molar-refractivity contribution in [2.24, 2.45) is 0 Å². The predicted molar refractivity (Wildman–Crippen MR) is 69.1 cm³/mol. The molecule has 18 heavy (non-hydrogen) atoms. The van der Waals surface area contributed by atoms with Crippen LogP contribution in [0.2, 0.25) is 0 Å². The molecule has 106 valence electrons. The maximum Gasteiger partial charge on any atom is 0.267 e. The highest BCUT2D eigenvalue weighted by atomic mass is 32.2. The molecule has 0 saturated heterocycles. The fraction of sp³-hybridized carbons (Fsp3) is 0.600. The van der Waals surface area contributed by atoms with Gasteiger partial charge in [-0.15, -0.1) is 0 Å². The molecule has 0 N–H and O–H groups in total. The van der Waals surface area contributed by atoms with E-state index in [4.69, 9.17) is 0 Å². The van der Waals surface area contributed by atoms with E-state index in [1.54, 1.807) is 12.2 Å². The van der Waals surface area contributed by atoms with Crippen LogP contribution in [0.4, 0.5) is 0 Å². The van der Waals surface area contributed by atoms with E-state index in [0.29, 0.717) is 0 Å². The largest absolute Gasteiger partial charge is 0.267 e. The summed E-state index contributed by atoms with van der Waals surface area (Å²) >= 11 is 0. The summed E-state index contributed by atoms with van der Waals surface area (Å²) in [6.45, 7) is 2.89. The molecule has 0 bridgehead atoms. The van der Waals surface area contributed by atoms with Crippen molar-refractivity contribution >= 4 is 20.2 Å². The fourth-order valence-corrected chi connectivity index (χ4v) is 1.63. The van der Waals surface area contributed by atoms with E-state index in [1.807, 2.05) is 0 Å². The van der Waals surface area contributed by atoms with Gasteiger partial charge in [-0.2, -0.15) is 16.8 Å². The van der Waals surface area contributed by atoms with Crippen molar-refractivity contribution in [3.05, 3.63) is 24.3 Å². The van der Waals surface area contributed by atoms with Crippen LogP contribution >= 0.6 is 0 Å². The third-order valence-electron chi connectivity index (χ3n) is 1.78. The van der Waals surface area contributed by atoms with Crippen molar-refractivity contribution in [1.82, 2.24) is 0 Å². The summed E-state index contributed by atoms with van der Waals surface area (Å²) in [4.78, 5) is 0. The zero-order valence-electron chi connectivity index (χ0n) is 10.4. The predicted octanol–water partition coefficient (Wildman–Crippen LogP) is 0.831. The van der Waals surface area contributed by atoms with Crippen LogP contribution in [0.25, 0.3) is 0 Å². The molecule has 0 atom stereocenters. The lowest BCUT2D eigenvalue weighted by atomic mass is 10.4. The van der Waals surface area contributed by atoms with Gasteiger partial charge in [0.15, 0.2) is 0 Å². The summed E-state index contributed by atoms with van der Waals surface area (Å²) in [5, 5.41) is 0. The van der Waals surface area contributed by atoms with E-state index < -0.39 is 20.2 Å². The monoisotopic (exact) mass is 298 g/mol. The average Bonchev–Trinajstić information content (AvgIpc) is 2.32. The van der Waals surface area contributed by atoms with E-state index in [9.17, 15) is 16.8 Å². The van der Waals surface area contributed by atoms with Crippen LogP contribution in [0, 0.1) is 0 Å². The Morgan fingerprint density at radius 1 is 0.778 bits per heavy atom. The van der Waals surface area contributed by atoms with Crippen LogP contribution < -0.4 is 0 Å². The third kappa shape index (κ3) is 9.34. The normalized spacial score (nSPS) is 13.7. The van der Waals surface area contributed by atoms with E-state index in [1.165, 1.54) is 26.0 Å². The van der Waals surface area contributed by atoms with Gasteiger partial charge < -0.3 is 0 Å². The molecule has 0 heterocycles. The first-order valence-corrected chi connectivity index (χ1v) is 8.54. The molecule has 0 aliphatic carbocycles. The topological polar surface area (TPSA) is 86.7 Å². The maximum absolute atomic E-state index is 10.9. The molecule has 0 fully saturated rings. The Morgan fingerprint density at radius 2 is 1.11 bits per heavy atom. The Morgan fingerprint density at radius 3 is 1.39 bits per heavy atom. The highest BCUT2D eigenvalue weighted by molar-refractivity contribution is 7.86. The lowest BCUT2D eigenvalue weighted by molar-refractivity contribution is 0.356. The highest BCUT2D eigenvalue weighted by Crippen LogP contribution is 1.94. The SMILES string of the molecule is CCS(=O)(=O)OCC=CC=CCOS(=O)(=O)CC. The average molecular weight is 298 g/mol. The molecule has 0 spiro atoms. The molecule has 0 aromatic heterocycles. The Bertz CT molecular complexity index is 426. The van der Waals surface area contributed by atoms with Gasteiger partial charge in [0.05, 0.1) is 24.7 Å². The summed E-state index contributed by atoms with van der Waals surface area (Å²) in [6, 6.07) is 0. The molecule has 0 aromatic rings. The van der Waals surface area contributed by atoms with Crippen molar-refractivity contribution in [3.63, 3.8) is 0 Å². The van der Waals surface area contributed by atoms with Gasteiger partial charge in [0.2, 0.25) is 0 Å². The number of hydrogen-bond donors (Lipinski definition) is 0. The van der Waals surface area contributed by atoms with E-state index in [0.717, 1.165) is 0 Å². The Kier molecular flexibility index (Phi) is 8.08. The van der Waals surface area contributed by atoms with Gasteiger partial charge in [-0.3, -0.25) is 8.37 Å². The number of hydrogen-bond acceptors (Lipinski definition) is 6. The summed E-state index contributed by atoms with van der Waals surface area (Å²) in [5.74, 6) is -0.140. The highest BCUT2D eigenvalue weighted by Gasteiger charge is 2.05. The fourth-order valence-electron chi connectivity index (χ4n) is 0.721. The molecule has 8 heteroatoms. The van der Waals surface area contributed by atoms with E-state index in [-0.39, 0.29) is 24.7 Å². The zero-order valence-corrected chi connectivity index (χ0v) is 12.0. The van der Waals surface area contributed by atoms with E-state index >= 15 is 0 Å². The molecule has 0 aliphatic rings. The standard InChI is InChI=1S/C10H18O6S2/c1-3-17(11,12)15-9-7-5-6-8-10-16-18(13,14)4-2/h5-8H,3-4,9-10H2,1-2H3. The Hall–Kier alpha value is -0.700. The van der Waals surface area contributed by atoms with Crippen LogP contribution in [0.3, 0.4) is 0 Å². The molecule has 0 unspecified atom stereocenters. The van der Waals surface area contributed by atoms with Crippen LogP contribution in [-0.4, -0.2) is 41.6 Å². The van der Waals surface area contributed by atoms with Gasteiger partial charge in [0, 0.05) is 0 Å². The molecule has 0 saturated carbocycles. The maximum atomic E-state index is 10.9. The summed E-state index contributed by atoms with van der Waals surface area (Å²) in [5.41, 5.74) is 0. The second kappa shape index (κ2) is 8.41. The van der Waals surface area contributed by atoms with Gasteiger partial charge in [-0.05, 0) is 13.8 Å². The minimum Gasteiger partial charge on any atom is -0.266 e. The zero-order chi connectivity index (χ0) is 14.1. The van der Waals surface area contributed by atoms with Crippen molar-refractivity contribution in [2.75, 3.05) is 24.7 Å². The third-order valence-corrected chi connectivity index (χ3v) is 4.18. The molecule has 0 aromatic carbocycles. The van der Waals surface area contributed by atoms with Crippen molar-refractivity contribution in [2.45, 2.75) is 13.8 Å². The van der Waals surface area contributed by atoms with E-state index in [2.05, 4.69) is 8.37 Å². The molecule has 6 nitrogen and oxygen atoms in total. The summed E-state index contributed by atoms with van der Waals surface area (Å²) in [7, 11) is -6.84. The lowest BCUT2D eigenvalue weighted by Crippen LogP contribution is -2.08. The smallest absolute Gasteiger partial charge is 0.266 e. The minimum atomic E-state index is -3.42. The van der Waals surface area contributed by atoms with Gasteiger partial charge in [-0.25, -0.2) is 0 Å². The quantitative estimate of drug-likeness (QED) is 0.463. The molecule has 0 rings (SSSR count). The molecule has 0 aliphatic heterocycles. The van der Waals surface area contributed by atoms with Crippen molar-refractivity contribution in [1.29, 1.82) is 0 Å². The van der Waals surface area contributed by atoms with Crippen LogP contribution in [0.15, 0.2) is 24.3 Å². The van der Waals surface area contributed by atoms with Crippen molar-refractivity contribution < 1.29 is 25.2 Å². The van der Waals surface area contributed by atoms with Gasteiger partial charge in [-0.1, -0.05) is 24.3 Å². The first kappa shape index (κ1) is 17.3. The van der Waals surface area contributed by atoms with Crippen LogP contribution in [0.1, 0.15) is 13.8 Å². The second-order valence-electron chi connectivity index (χ2n) is 3.12. The first-order chi connectivity index (χ1) is 8.33. The minimum absolute atomic E-state index is 0.0470. The lowest BCUT2D eigenvalue weighted by Gasteiger charge is -1.98. The molecular weight excluding hydrogens is 280 g/mol. The van der Waals surface area contributed by atoms with Crippen molar-refractivity contribution in [3.8, 4) is 0 Å². The number of allylic oxidation sites excluding steroid dienone is 2. The second-order valence-corrected chi connectivity index (χ2v) is 6.97. The number of rotatable bonds is 9. The first-order valence-electron chi connectivity index (χ1n) is 5.39. The summed E-state index contributed by atoms with van der Waals surface area (Å²) < 4.78 is 52.8. The van der Waals surface area contributed by atoms with Crippen LogP contribution in [0.5, 0.6) is 0 Å². The molecule has 0 radical (unpaired) electrons. The van der Waals surface area contributed by atoms with Gasteiger partial charge >= 0.3 is 0 Å². The molecular formula is C10H18O6S2. The van der Waals surface area contributed by atoms with Gasteiger partial charge in [0.25, 0.3) is 20.2 Å². The molecule has 0 amide bonds. The Balaban J connectivity index is 3.84. The summed E-state index contributed by atoms with van der Waals surface area (Å²) in [6.07, 6.45) is 6.09. The van der Waals surface area contributed by atoms with Crippen LogP contribution in [-0.2, 0) is 28.6 Å². The Labute approximate surface area is 109 Å². The van der Waals surface area contributed by atoms with Gasteiger partial charge in [0.1, 0.15) is 0 Å².